The standard InChI is InChI=1S/C14H29N3O/c1-16(2)13-3-7-17(8-4-13)12-14(11-15)5-9-18-10-6-14/h13H,3-12,15H2,1-2H3. The molecule has 4 heteroatoms. The van der Waals surface area contributed by atoms with Crippen molar-refractivity contribution in [3.63, 3.8) is 0 Å². The molecule has 2 saturated heterocycles. The lowest BCUT2D eigenvalue weighted by atomic mass is 9.79. The van der Waals surface area contributed by atoms with Crippen LogP contribution in [0, 0.1) is 5.41 Å². The summed E-state index contributed by atoms with van der Waals surface area (Å²) >= 11 is 0. The highest BCUT2D eigenvalue weighted by Crippen LogP contribution is 2.31. The van der Waals surface area contributed by atoms with Crippen LogP contribution in [0.3, 0.4) is 0 Å². The van der Waals surface area contributed by atoms with Gasteiger partial charge in [-0.2, -0.15) is 0 Å². The molecule has 0 radical (unpaired) electrons. The first-order valence-electron chi connectivity index (χ1n) is 7.32. The number of hydrogen-bond acceptors (Lipinski definition) is 4. The fourth-order valence-electron chi connectivity index (χ4n) is 3.30. The molecular formula is C14H29N3O. The molecule has 0 bridgehead atoms. The molecule has 0 aliphatic carbocycles. The molecular weight excluding hydrogens is 226 g/mol. The molecule has 0 aromatic rings. The van der Waals surface area contributed by atoms with E-state index in [-0.39, 0.29) is 0 Å². The summed E-state index contributed by atoms with van der Waals surface area (Å²) in [5.74, 6) is 0. The average molecular weight is 255 g/mol. The van der Waals surface area contributed by atoms with E-state index in [2.05, 4.69) is 23.9 Å². The van der Waals surface area contributed by atoms with Crippen molar-refractivity contribution >= 4 is 0 Å². The number of ether oxygens (including phenoxy) is 1. The van der Waals surface area contributed by atoms with Crippen molar-refractivity contribution in [3.8, 4) is 0 Å². The largest absolute Gasteiger partial charge is 0.381 e. The van der Waals surface area contributed by atoms with Gasteiger partial charge in [0.15, 0.2) is 0 Å². The zero-order valence-corrected chi connectivity index (χ0v) is 12.0. The topological polar surface area (TPSA) is 41.7 Å². The number of nitrogens with two attached hydrogens (primary N) is 1. The van der Waals surface area contributed by atoms with Gasteiger partial charge in [0.1, 0.15) is 0 Å². The van der Waals surface area contributed by atoms with Gasteiger partial charge in [0, 0.05) is 25.8 Å². The van der Waals surface area contributed by atoms with Crippen LogP contribution in [-0.4, -0.2) is 69.3 Å². The zero-order valence-electron chi connectivity index (χ0n) is 12.0. The van der Waals surface area contributed by atoms with Crippen LogP contribution in [0.5, 0.6) is 0 Å². The van der Waals surface area contributed by atoms with Gasteiger partial charge in [-0.3, -0.25) is 0 Å². The molecule has 0 amide bonds. The Morgan fingerprint density at radius 2 is 1.83 bits per heavy atom. The number of piperidine rings is 1. The van der Waals surface area contributed by atoms with Crippen LogP contribution in [0.25, 0.3) is 0 Å². The maximum absolute atomic E-state index is 6.04. The highest BCUT2D eigenvalue weighted by molar-refractivity contribution is 4.88. The van der Waals surface area contributed by atoms with E-state index in [9.17, 15) is 0 Å². The van der Waals surface area contributed by atoms with E-state index < -0.39 is 0 Å². The SMILES string of the molecule is CN(C)C1CCN(CC2(CN)CCOCC2)CC1. The molecule has 0 atom stereocenters. The zero-order chi connectivity index (χ0) is 13.0. The van der Waals surface area contributed by atoms with Crippen LogP contribution in [0.4, 0.5) is 0 Å². The molecule has 0 unspecified atom stereocenters. The Balaban J connectivity index is 1.82. The smallest absolute Gasteiger partial charge is 0.0472 e. The molecule has 18 heavy (non-hydrogen) atoms. The summed E-state index contributed by atoms with van der Waals surface area (Å²) in [5, 5.41) is 0. The van der Waals surface area contributed by atoms with Gasteiger partial charge in [-0.25, -0.2) is 0 Å². The average Bonchev–Trinajstić information content (AvgIpc) is 2.40. The van der Waals surface area contributed by atoms with Gasteiger partial charge < -0.3 is 20.3 Å². The normalized spacial score (nSPS) is 26.7. The van der Waals surface area contributed by atoms with Crippen molar-refractivity contribution < 1.29 is 4.74 Å². The number of likely N-dealkylation sites (tertiary alicyclic amines) is 1. The lowest BCUT2D eigenvalue weighted by molar-refractivity contribution is -0.00660. The van der Waals surface area contributed by atoms with Crippen molar-refractivity contribution in [1.82, 2.24) is 9.80 Å². The predicted molar refractivity (Wildman–Crippen MR) is 74.7 cm³/mol. The third-order valence-electron chi connectivity index (χ3n) is 4.83. The Hall–Kier alpha value is -0.160. The van der Waals surface area contributed by atoms with E-state index in [1.807, 2.05) is 0 Å². The van der Waals surface area contributed by atoms with Gasteiger partial charge in [0.2, 0.25) is 0 Å². The third-order valence-corrected chi connectivity index (χ3v) is 4.83. The van der Waals surface area contributed by atoms with E-state index in [1.54, 1.807) is 0 Å². The lowest BCUT2D eigenvalue weighted by Gasteiger charge is -2.43. The van der Waals surface area contributed by atoms with Gasteiger partial charge in [0.25, 0.3) is 0 Å². The van der Waals surface area contributed by atoms with E-state index in [1.165, 1.54) is 32.5 Å². The summed E-state index contributed by atoms with van der Waals surface area (Å²) < 4.78 is 5.48. The van der Waals surface area contributed by atoms with Crippen LogP contribution < -0.4 is 5.73 Å². The Labute approximate surface area is 111 Å². The van der Waals surface area contributed by atoms with Crippen LogP contribution in [0.15, 0.2) is 0 Å². The van der Waals surface area contributed by atoms with E-state index in [0.717, 1.165) is 38.6 Å². The quantitative estimate of drug-likeness (QED) is 0.805. The molecule has 2 aliphatic heterocycles. The number of nitrogens with zero attached hydrogens (tertiary/aromatic N) is 2. The first-order valence-corrected chi connectivity index (χ1v) is 7.32. The highest BCUT2D eigenvalue weighted by Gasteiger charge is 2.34. The molecule has 0 aromatic heterocycles. The fraction of sp³-hybridized carbons (Fsp3) is 1.00. The van der Waals surface area contributed by atoms with Crippen LogP contribution >= 0.6 is 0 Å². The molecule has 2 heterocycles. The summed E-state index contributed by atoms with van der Waals surface area (Å²) in [6.07, 6.45) is 4.86. The second kappa shape index (κ2) is 6.33. The van der Waals surface area contributed by atoms with Crippen LogP contribution in [0.2, 0.25) is 0 Å². The van der Waals surface area contributed by atoms with Crippen LogP contribution in [-0.2, 0) is 4.74 Å². The molecule has 4 nitrogen and oxygen atoms in total. The Morgan fingerprint density at radius 1 is 1.22 bits per heavy atom. The molecule has 0 spiro atoms. The fourth-order valence-corrected chi connectivity index (χ4v) is 3.30. The van der Waals surface area contributed by atoms with E-state index >= 15 is 0 Å². The molecule has 0 aromatic carbocycles. The second-order valence-corrected chi connectivity index (χ2v) is 6.29. The van der Waals surface area contributed by atoms with E-state index in [0.29, 0.717) is 5.41 Å². The monoisotopic (exact) mass is 255 g/mol. The third kappa shape index (κ3) is 3.44. The van der Waals surface area contributed by atoms with E-state index in [4.69, 9.17) is 10.5 Å². The molecule has 2 fully saturated rings. The second-order valence-electron chi connectivity index (χ2n) is 6.29. The Kier molecular flexibility index (Phi) is 5.01. The highest BCUT2D eigenvalue weighted by atomic mass is 16.5. The first-order chi connectivity index (χ1) is 8.65. The van der Waals surface area contributed by atoms with Gasteiger partial charge in [-0.1, -0.05) is 0 Å². The van der Waals surface area contributed by atoms with Gasteiger partial charge in [0.05, 0.1) is 0 Å². The molecule has 2 aliphatic rings. The minimum absolute atomic E-state index is 0.323. The summed E-state index contributed by atoms with van der Waals surface area (Å²) in [7, 11) is 4.39. The summed E-state index contributed by atoms with van der Waals surface area (Å²) in [5.41, 5.74) is 6.36. The lowest BCUT2D eigenvalue weighted by Crippen LogP contribution is -2.50. The number of rotatable bonds is 4. The minimum atomic E-state index is 0.323. The summed E-state index contributed by atoms with van der Waals surface area (Å²) in [4.78, 5) is 4.99. The maximum atomic E-state index is 6.04. The van der Waals surface area contributed by atoms with Crippen molar-refractivity contribution in [2.45, 2.75) is 31.7 Å². The van der Waals surface area contributed by atoms with Crippen molar-refractivity contribution in [3.05, 3.63) is 0 Å². The summed E-state index contributed by atoms with van der Waals surface area (Å²) in [6, 6.07) is 0.768. The Morgan fingerprint density at radius 3 is 2.33 bits per heavy atom. The Bertz CT molecular complexity index is 243. The maximum Gasteiger partial charge on any atom is 0.0472 e. The summed E-state index contributed by atoms with van der Waals surface area (Å²) in [6.45, 7) is 6.23. The molecule has 2 N–H and O–H groups in total. The van der Waals surface area contributed by atoms with Gasteiger partial charge >= 0.3 is 0 Å². The molecule has 0 saturated carbocycles. The minimum Gasteiger partial charge on any atom is -0.381 e. The van der Waals surface area contributed by atoms with Crippen molar-refractivity contribution in [1.29, 1.82) is 0 Å². The van der Waals surface area contributed by atoms with Crippen LogP contribution in [0.1, 0.15) is 25.7 Å². The molecule has 106 valence electrons. The van der Waals surface area contributed by atoms with Crippen molar-refractivity contribution in [2.75, 3.05) is 53.5 Å². The first kappa shape index (κ1) is 14.3. The van der Waals surface area contributed by atoms with Gasteiger partial charge in [-0.15, -0.1) is 0 Å². The predicted octanol–water partition coefficient (Wildman–Crippen LogP) is 0.768. The van der Waals surface area contributed by atoms with Gasteiger partial charge in [-0.05, 0) is 64.8 Å². The van der Waals surface area contributed by atoms with Crippen molar-refractivity contribution in [2.24, 2.45) is 11.1 Å². The molecule has 2 rings (SSSR count). The number of hydrogen-bond donors (Lipinski definition) is 1.